The Morgan fingerprint density at radius 1 is 1.27 bits per heavy atom. The van der Waals surface area contributed by atoms with E-state index < -0.39 is 0 Å². The number of benzene rings is 1. The summed E-state index contributed by atoms with van der Waals surface area (Å²) in [5.41, 5.74) is 0.852. The van der Waals surface area contributed by atoms with Crippen LogP contribution in [0.2, 0.25) is 0 Å². The van der Waals surface area contributed by atoms with E-state index in [1.165, 1.54) is 12.1 Å². The van der Waals surface area contributed by atoms with Crippen LogP contribution in [0.5, 0.6) is 0 Å². The highest BCUT2D eigenvalue weighted by atomic mass is 127. The first-order valence-electron chi connectivity index (χ1n) is 4.91. The van der Waals surface area contributed by atoms with E-state index in [1.54, 1.807) is 12.1 Å². The molecule has 1 aromatic rings. The molecular formula is C12H16FIO. The maximum absolute atomic E-state index is 12.7. The number of rotatable bonds is 3. The molecule has 0 bridgehead atoms. The number of ether oxygens (including phenoxy) is 1. The Kier molecular flexibility index (Phi) is 4.52. The molecule has 0 aliphatic carbocycles. The fourth-order valence-corrected chi connectivity index (χ4v) is 1.98. The molecule has 0 aromatic heterocycles. The Balaban J connectivity index is 2.79. The molecule has 1 unspecified atom stereocenters. The summed E-state index contributed by atoms with van der Waals surface area (Å²) in [6.45, 7) is 6.07. The maximum atomic E-state index is 12.7. The average Bonchev–Trinajstić information content (AvgIpc) is 2.14. The molecule has 0 N–H and O–H groups in total. The Morgan fingerprint density at radius 2 is 1.80 bits per heavy atom. The van der Waals surface area contributed by atoms with E-state index in [4.69, 9.17) is 4.74 Å². The molecule has 0 amide bonds. The predicted octanol–water partition coefficient (Wildman–Crippen LogP) is 4.12. The molecule has 0 saturated heterocycles. The van der Waals surface area contributed by atoms with Crippen molar-refractivity contribution in [2.45, 2.75) is 32.5 Å². The van der Waals surface area contributed by atoms with Gasteiger partial charge in [0.1, 0.15) is 5.82 Å². The van der Waals surface area contributed by atoms with Gasteiger partial charge in [-0.2, -0.15) is 0 Å². The van der Waals surface area contributed by atoms with E-state index in [0.717, 1.165) is 9.99 Å². The average molecular weight is 322 g/mol. The minimum atomic E-state index is -0.207. The molecule has 0 fully saturated rings. The lowest BCUT2D eigenvalue weighted by Gasteiger charge is -2.26. The molecule has 0 saturated carbocycles. The maximum Gasteiger partial charge on any atom is 0.123 e. The third-order valence-corrected chi connectivity index (χ3v) is 2.68. The molecule has 0 radical (unpaired) electrons. The molecule has 15 heavy (non-hydrogen) atoms. The lowest BCUT2D eigenvalue weighted by Crippen LogP contribution is -2.23. The van der Waals surface area contributed by atoms with Gasteiger partial charge < -0.3 is 4.74 Å². The second kappa shape index (κ2) is 5.25. The summed E-state index contributed by atoms with van der Waals surface area (Å²) in [5, 5.41) is 0. The summed E-state index contributed by atoms with van der Waals surface area (Å²) in [5.74, 6) is -0.207. The van der Waals surface area contributed by atoms with Gasteiger partial charge in [0.2, 0.25) is 0 Å². The fraction of sp³-hybridized carbons (Fsp3) is 0.500. The van der Waals surface area contributed by atoms with Gasteiger partial charge in [-0.25, -0.2) is 4.39 Å². The van der Waals surface area contributed by atoms with Crippen molar-refractivity contribution in [1.29, 1.82) is 0 Å². The van der Waals surface area contributed by atoms with Crippen molar-refractivity contribution in [2.75, 3.05) is 4.43 Å². The Labute approximate surface area is 104 Å². The molecule has 3 heteroatoms. The highest BCUT2D eigenvalue weighted by Crippen LogP contribution is 2.25. The second-order valence-electron chi connectivity index (χ2n) is 4.42. The van der Waals surface area contributed by atoms with Crippen LogP contribution in [0.15, 0.2) is 24.3 Å². The molecule has 84 valence electrons. The lowest BCUT2D eigenvalue weighted by molar-refractivity contribution is -0.0494. The first kappa shape index (κ1) is 12.9. The van der Waals surface area contributed by atoms with E-state index in [0.29, 0.717) is 0 Å². The minimum Gasteiger partial charge on any atom is -0.367 e. The van der Waals surface area contributed by atoms with Gasteiger partial charge in [-0.1, -0.05) is 34.7 Å². The van der Waals surface area contributed by atoms with Crippen LogP contribution in [-0.4, -0.2) is 10.0 Å². The molecule has 1 nitrogen and oxygen atoms in total. The predicted molar refractivity (Wildman–Crippen MR) is 68.9 cm³/mol. The minimum absolute atomic E-state index is 0.0335. The molecule has 0 heterocycles. The summed E-state index contributed by atoms with van der Waals surface area (Å²) in [4.78, 5) is 0. The lowest BCUT2D eigenvalue weighted by atomic mass is 10.1. The van der Waals surface area contributed by atoms with Crippen molar-refractivity contribution in [3.8, 4) is 0 Å². The van der Waals surface area contributed by atoms with Crippen molar-refractivity contribution < 1.29 is 9.13 Å². The Morgan fingerprint density at radius 3 is 2.20 bits per heavy atom. The van der Waals surface area contributed by atoms with Gasteiger partial charge in [-0.05, 0) is 38.5 Å². The molecule has 0 spiro atoms. The smallest absolute Gasteiger partial charge is 0.123 e. The summed E-state index contributed by atoms with van der Waals surface area (Å²) in [6, 6.07) is 6.51. The first-order chi connectivity index (χ1) is 6.92. The van der Waals surface area contributed by atoms with E-state index >= 15 is 0 Å². The summed E-state index contributed by atoms with van der Waals surface area (Å²) in [7, 11) is 0. The zero-order valence-corrected chi connectivity index (χ0v) is 11.4. The molecule has 1 atom stereocenters. The highest BCUT2D eigenvalue weighted by Gasteiger charge is 2.19. The van der Waals surface area contributed by atoms with Crippen LogP contribution in [0.25, 0.3) is 0 Å². The van der Waals surface area contributed by atoms with Gasteiger partial charge in [0.05, 0.1) is 11.7 Å². The summed E-state index contributed by atoms with van der Waals surface area (Å²) >= 11 is 2.28. The van der Waals surface area contributed by atoms with Gasteiger partial charge in [0, 0.05) is 4.43 Å². The van der Waals surface area contributed by atoms with Gasteiger partial charge in [0.25, 0.3) is 0 Å². The molecular weight excluding hydrogens is 306 g/mol. The van der Waals surface area contributed by atoms with Crippen LogP contribution in [0.1, 0.15) is 32.4 Å². The highest BCUT2D eigenvalue weighted by molar-refractivity contribution is 14.1. The van der Waals surface area contributed by atoms with Crippen LogP contribution in [0, 0.1) is 5.82 Å². The Bertz CT molecular complexity index is 302. The van der Waals surface area contributed by atoms with Crippen molar-refractivity contribution in [3.63, 3.8) is 0 Å². The standard InChI is InChI=1S/C12H16FIO/c1-12(2,3)15-11(8-14)9-4-6-10(13)7-5-9/h4-7,11H,8H2,1-3H3. The molecule has 1 rings (SSSR count). The van der Waals surface area contributed by atoms with Crippen molar-refractivity contribution in [3.05, 3.63) is 35.6 Å². The van der Waals surface area contributed by atoms with Gasteiger partial charge in [-0.15, -0.1) is 0 Å². The second-order valence-corrected chi connectivity index (χ2v) is 5.31. The SMILES string of the molecule is CC(C)(C)OC(CI)c1ccc(F)cc1. The van der Waals surface area contributed by atoms with Crippen molar-refractivity contribution in [1.82, 2.24) is 0 Å². The summed E-state index contributed by atoms with van der Waals surface area (Å²) in [6.07, 6.45) is 0.0335. The van der Waals surface area contributed by atoms with Crippen LogP contribution in [0.4, 0.5) is 4.39 Å². The van der Waals surface area contributed by atoms with Crippen molar-refractivity contribution >= 4 is 22.6 Å². The quantitative estimate of drug-likeness (QED) is 0.601. The first-order valence-corrected chi connectivity index (χ1v) is 6.44. The normalized spacial score (nSPS) is 13.9. The third-order valence-electron chi connectivity index (χ3n) is 1.88. The van der Waals surface area contributed by atoms with Crippen molar-refractivity contribution in [2.24, 2.45) is 0 Å². The van der Waals surface area contributed by atoms with E-state index in [1.807, 2.05) is 20.8 Å². The Hall–Kier alpha value is -0.160. The molecule has 0 aliphatic rings. The molecule has 1 aromatic carbocycles. The third kappa shape index (κ3) is 4.47. The molecule has 0 aliphatic heterocycles. The van der Waals surface area contributed by atoms with Crippen LogP contribution in [0.3, 0.4) is 0 Å². The largest absolute Gasteiger partial charge is 0.367 e. The van der Waals surface area contributed by atoms with E-state index in [2.05, 4.69) is 22.6 Å². The number of hydrogen-bond acceptors (Lipinski definition) is 1. The fourth-order valence-electron chi connectivity index (χ4n) is 1.29. The monoisotopic (exact) mass is 322 g/mol. The van der Waals surface area contributed by atoms with Gasteiger partial charge in [-0.3, -0.25) is 0 Å². The van der Waals surface area contributed by atoms with Gasteiger partial charge in [0.15, 0.2) is 0 Å². The summed E-state index contributed by atoms with van der Waals surface area (Å²) < 4.78 is 19.5. The number of hydrogen-bond donors (Lipinski definition) is 0. The number of alkyl halides is 1. The van der Waals surface area contributed by atoms with E-state index in [9.17, 15) is 4.39 Å². The van der Waals surface area contributed by atoms with Crippen LogP contribution in [-0.2, 0) is 4.74 Å². The van der Waals surface area contributed by atoms with Gasteiger partial charge >= 0.3 is 0 Å². The topological polar surface area (TPSA) is 9.23 Å². The van der Waals surface area contributed by atoms with E-state index in [-0.39, 0.29) is 17.5 Å². The zero-order chi connectivity index (χ0) is 11.5. The van der Waals surface area contributed by atoms with Crippen LogP contribution >= 0.6 is 22.6 Å². The van der Waals surface area contributed by atoms with Crippen LogP contribution < -0.4 is 0 Å². The number of halogens is 2. The zero-order valence-electron chi connectivity index (χ0n) is 9.26.